The number of piperidine rings is 1. The first kappa shape index (κ1) is 17.2. The zero-order valence-corrected chi connectivity index (χ0v) is 14.6. The quantitative estimate of drug-likeness (QED) is 0.882. The van der Waals surface area contributed by atoms with Crippen molar-refractivity contribution in [2.45, 2.75) is 45.6 Å². The van der Waals surface area contributed by atoms with Crippen LogP contribution in [0.1, 0.15) is 37.1 Å². The minimum absolute atomic E-state index is 0.187. The van der Waals surface area contributed by atoms with Crippen LogP contribution < -0.4 is 10.6 Å². The van der Waals surface area contributed by atoms with Crippen molar-refractivity contribution < 1.29 is 14.1 Å². The van der Waals surface area contributed by atoms with Gasteiger partial charge in [-0.2, -0.15) is 0 Å². The summed E-state index contributed by atoms with van der Waals surface area (Å²) < 4.78 is 10.5. The Labute approximate surface area is 143 Å². The molecule has 3 rings (SSSR count). The number of ether oxygens (including phenoxy) is 1. The predicted octanol–water partition coefficient (Wildman–Crippen LogP) is 2.30. The van der Waals surface area contributed by atoms with Gasteiger partial charge in [0, 0.05) is 32.3 Å². The average molecular weight is 336 g/mol. The first-order valence-electron chi connectivity index (χ1n) is 8.93. The van der Waals surface area contributed by atoms with Crippen molar-refractivity contribution >= 4 is 11.7 Å². The zero-order valence-electron chi connectivity index (χ0n) is 14.6. The molecule has 2 saturated heterocycles. The second-order valence-corrected chi connectivity index (χ2v) is 6.88. The molecule has 1 aromatic heterocycles. The Morgan fingerprint density at radius 2 is 2.08 bits per heavy atom. The Morgan fingerprint density at radius 3 is 2.79 bits per heavy atom. The Hall–Kier alpha value is -1.60. The van der Waals surface area contributed by atoms with E-state index in [-0.39, 0.29) is 6.03 Å². The molecule has 134 valence electrons. The van der Waals surface area contributed by atoms with E-state index in [4.69, 9.17) is 9.26 Å². The largest absolute Gasteiger partial charge is 0.381 e. The number of nitrogens with one attached hydrogen (secondary N) is 2. The van der Waals surface area contributed by atoms with E-state index in [1.165, 1.54) is 19.4 Å². The van der Waals surface area contributed by atoms with Gasteiger partial charge >= 0.3 is 6.03 Å². The molecule has 2 amide bonds. The third kappa shape index (κ3) is 4.27. The fraction of sp³-hybridized carbons (Fsp3) is 0.765. The van der Waals surface area contributed by atoms with Crippen LogP contribution in [0.15, 0.2) is 4.52 Å². The highest BCUT2D eigenvalue weighted by molar-refractivity contribution is 5.90. The van der Waals surface area contributed by atoms with Crippen molar-refractivity contribution in [3.05, 3.63) is 11.5 Å². The molecule has 2 aliphatic heterocycles. The number of hydrogen-bond acceptors (Lipinski definition) is 5. The lowest BCUT2D eigenvalue weighted by Crippen LogP contribution is -2.47. The van der Waals surface area contributed by atoms with Gasteiger partial charge in [0.1, 0.15) is 11.4 Å². The molecule has 3 heterocycles. The number of aromatic nitrogens is 1. The zero-order chi connectivity index (χ0) is 16.9. The van der Waals surface area contributed by atoms with Gasteiger partial charge in [-0.1, -0.05) is 5.16 Å². The Morgan fingerprint density at radius 1 is 1.29 bits per heavy atom. The van der Waals surface area contributed by atoms with Gasteiger partial charge < -0.3 is 19.9 Å². The summed E-state index contributed by atoms with van der Waals surface area (Å²) in [6, 6.07) is 0.463. The molecule has 0 aliphatic carbocycles. The molecule has 0 aromatic carbocycles. The lowest BCUT2D eigenvalue weighted by Gasteiger charge is -2.40. The van der Waals surface area contributed by atoms with Gasteiger partial charge in [0.05, 0.1) is 0 Å². The van der Waals surface area contributed by atoms with E-state index in [9.17, 15) is 4.79 Å². The monoisotopic (exact) mass is 336 g/mol. The normalized spacial score (nSPS) is 23.2. The van der Waals surface area contributed by atoms with Crippen molar-refractivity contribution in [2.24, 2.45) is 5.92 Å². The minimum atomic E-state index is -0.187. The van der Waals surface area contributed by atoms with E-state index in [0.717, 1.165) is 32.6 Å². The molecule has 1 aromatic rings. The van der Waals surface area contributed by atoms with E-state index in [2.05, 4.69) is 20.7 Å². The lowest BCUT2D eigenvalue weighted by atomic mass is 9.95. The molecule has 0 saturated carbocycles. The Kier molecular flexibility index (Phi) is 5.73. The van der Waals surface area contributed by atoms with E-state index in [0.29, 0.717) is 35.6 Å². The predicted molar refractivity (Wildman–Crippen MR) is 91.1 cm³/mol. The maximum atomic E-state index is 12.1. The second-order valence-electron chi connectivity index (χ2n) is 6.88. The maximum absolute atomic E-state index is 12.1. The number of rotatable bonds is 4. The minimum Gasteiger partial charge on any atom is -0.381 e. The fourth-order valence-corrected chi connectivity index (χ4v) is 3.70. The van der Waals surface area contributed by atoms with E-state index in [1.54, 1.807) is 6.92 Å². The number of carbonyl (C=O) groups is 1. The van der Waals surface area contributed by atoms with Gasteiger partial charge in [-0.3, -0.25) is 4.90 Å². The number of aryl methyl sites for hydroxylation is 2. The highest BCUT2D eigenvalue weighted by atomic mass is 16.5. The van der Waals surface area contributed by atoms with Crippen LogP contribution in [0.25, 0.3) is 0 Å². The summed E-state index contributed by atoms with van der Waals surface area (Å²) in [7, 11) is 0. The molecule has 0 spiro atoms. The van der Waals surface area contributed by atoms with Crippen LogP contribution in [0, 0.1) is 19.8 Å². The smallest absolute Gasteiger partial charge is 0.319 e. The summed E-state index contributed by atoms with van der Waals surface area (Å²) in [6.45, 7) is 8.31. The first-order chi connectivity index (χ1) is 11.6. The topological polar surface area (TPSA) is 79.6 Å². The molecule has 7 heteroatoms. The second kappa shape index (κ2) is 7.98. The van der Waals surface area contributed by atoms with Crippen LogP contribution in [-0.2, 0) is 4.74 Å². The van der Waals surface area contributed by atoms with Gasteiger partial charge in [-0.25, -0.2) is 4.79 Å². The maximum Gasteiger partial charge on any atom is 0.319 e. The lowest BCUT2D eigenvalue weighted by molar-refractivity contribution is 0.0181. The summed E-state index contributed by atoms with van der Waals surface area (Å²) in [5.74, 6) is 1.14. The van der Waals surface area contributed by atoms with Gasteiger partial charge in [-0.05, 0) is 52.0 Å². The number of urea groups is 1. The summed E-state index contributed by atoms with van der Waals surface area (Å²) in [4.78, 5) is 14.7. The molecule has 0 bridgehead atoms. The SMILES string of the molecule is Cc1noc(C)c1NC(=O)NC[C@@H]1CCCN(C2CCOCC2)C1. The van der Waals surface area contributed by atoms with Crippen LogP contribution in [0.5, 0.6) is 0 Å². The van der Waals surface area contributed by atoms with Gasteiger partial charge in [0.2, 0.25) is 0 Å². The number of amides is 2. The van der Waals surface area contributed by atoms with Crippen LogP contribution >= 0.6 is 0 Å². The van der Waals surface area contributed by atoms with Gasteiger partial charge in [0.15, 0.2) is 5.76 Å². The standard InChI is InChI=1S/C17H28N4O3/c1-12-16(13(2)24-20-12)19-17(22)18-10-14-4-3-7-21(11-14)15-5-8-23-9-6-15/h14-15H,3-11H2,1-2H3,(H2,18,19,22)/t14-/m0/s1. The third-order valence-corrected chi connectivity index (χ3v) is 5.08. The van der Waals surface area contributed by atoms with E-state index >= 15 is 0 Å². The molecule has 1 atom stereocenters. The van der Waals surface area contributed by atoms with Crippen molar-refractivity contribution in [3.8, 4) is 0 Å². The average Bonchev–Trinajstić information content (AvgIpc) is 2.93. The summed E-state index contributed by atoms with van der Waals surface area (Å²) in [5.41, 5.74) is 1.37. The molecule has 2 N–H and O–H groups in total. The van der Waals surface area contributed by atoms with Gasteiger partial charge in [0.25, 0.3) is 0 Å². The molecule has 7 nitrogen and oxygen atoms in total. The highest BCUT2D eigenvalue weighted by Crippen LogP contribution is 2.23. The molecular formula is C17H28N4O3. The van der Waals surface area contributed by atoms with Crippen LogP contribution in [0.3, 0.4) is 0 Å². The van der Waals surface area contributed by atoms with E-state index < -0.39 is 0 Å². The van der Waals surface area contributed by atoms with Crippen molar-refractivity contribution in [1.29, 1.82) is 0 Å². The molecule has 0 radical (unpaired) electrons. The Bertz CT molecular complexity index is 535. The molecule has 2 fully saturated rings. The van der Waals surface area contributed by atoms with Crippen molar-refractivity contribution in [1.82, 2.24) is 15.4 Å². The number of carbonyl (C=O) groups excluding carboxylic acids is 1. The highest BCUT2D eigenvalue weighted by Gasteiger charge is 2.27. The molecule has 0 unspecified atom stereocenters. The van der Waals surface area contributed by atoms with Gasteiger partial charge in [-0.15, -0.1) is 0 Å². The molecular weight excluding hydrogens is 308 g/mol. The van der Waals surface area contributed by atoms with Crippen LogP contribution in [0.4, 0.5) is 10.5 Å². The Balaban J connectivity index is 1.44. The number of hydrogen-bond donors (Lipinski definition) is 2. The van der Waals surface area contributed by atoms with E-state index in [1.807, 2.05) is 6.92 Å². The van der Waals surface area contributed by atoms with Crippen LogP contribution in [0.2, 0.25) is 0 Å². The fourth-order valence-electron chi connectivity index (χ4n) is 3.70. The number of likely N-dealkylation sites (tertiary alicyclic amines) is 1. The van der Waals surface area contributed by atoms with Crippen molar-refractivity contribution in [2.75, 3.05) is 38.2 Å². The molecule has 2 aliphatic rings. The molecule has 24 heavy (non-hydrogen) atoms. The third-order valence-electron chi connectivity index (χ3n) is 5.08. The van der Waals surface area contributed by atoms with Crippen LogP contribution in [-0.4, -0.2) is 55.0 Å². The summed E-state index contributed by atoms with van der Waals surface area (Å²) >= 11 is 0. The number of anilines is 1. The summed E-state index contributed by atoms with van der Waals surface area (Å²) in [6.07, 6.45) is 4.64. The first-order valence-corrected chi connectivity index (χ1v) is 8.93. The number of nitrogens with zero attached hydrogens (tertiary/aromatic N) is 2. The summed E-state index contributed by atoms with van der Waals surface area (Å²) in [5, 5.41) is 9.68. The van der Waals surface area contributed by atoms with Crippen molar-refractivity contribution in [3.63, 3.8) is 0 Å².